The predicted octanol–water partition coefficient (Wildman–Crippen LogP) is 1.74. The standard InChI is InChI=1S/C12H25NO3S/c1-3-4-10-17(15,16)13(2)11-12(14)8-6-5-7-9-12/h14H,3-11H2,1-2H3. The summed E-state index contributed by atoms with van der Waals surface area (Å²) in [5, 5.41) is 10.3. The summed E-state index contributed by atoms with van der Waals surface area (Å²) < 4.78 is 25.2. The lowest BCUT2D eigenvalue weighted by Gasteiger charge is -2.35. The number of nitrogens with zero attached hydrogens (tertiary/aromatic N) is 1. The number of sulfonamides is 1. The quantitative estimate of drug-likeness (QED) is 0.794. The SMILES string of the molecule is CCCCS(=O)(=O)N(C)CC1(O)CCCCC1. The minimum Gasteiger partial charge on any atom is -0.389 e. The lowest BCUT2D eigenvalue weighted by Crippen LogP contribution is -2.45. The van der Waals surface area contributed by atoms with Gasteiger partial charge in [0.15, 0.2) is 0 Å². The minimum absolute atomic E-state index is 0.191. The molecule has 0 radical (unpaired) electrons. The lowest BCUT2D eigenvalue weighted by atomic mass is 9.85. The van der Waals surface area contributed by atoms with Crippen molar-refractivity contribution in [2.24, 2.45) is 0 Å². The second-order valence-electron chi connectivity index (χ2n) is 5.21. The lowest BCUT2D eigenvalue weighted by molar-refractivity contribution is -0.00722. The largest absolute Gasteiger partial charge is 0.389 e. The second kappa shape index (κ2) is 6.16. The molecule has 0 unspecified atom stereocenters. The summed E-state index contributed by atoms with van der Waals surface area (Å²) in [4.78, 5) is 0. The van der Waals surface area contributed by atoms with Gasteiger partial charge in [-0.3, -0.25) is 0 Å². The number of unbranched alkanes of at least 4 members (excludes halogenated alkanes) is 1. The fourth-order valence-corrected chi connectivity index (χ4v) is 3.77. The zero-order chi connectivity index (χ0) is 12.9. The first kappa shape index (κ1) is 14.9. The molecule has 4 nitrogen and oxygen atoms in total. The summed E-state index contributed by atoms with van der Waals surface area (Å²) in [5.41, 5.74) is -0.799. The third kappa shape index (κ3) is 4.56. The Morgan fingerprint density at radius 1 is 1.24 bits per heavy atom. The zero-order valence-corrected chi connectivity index (χ0v) is 11.8. The van der Waals surface area contributed by atoms with E-state index in [0.29, 0.717) is 6.42 Å². The van der Waals surface area contributed by atoms with Gasteiger partial charge in [-0.05, 0) is 19.3 Å². The third-order valence-corrected chi connectivity index (χ3v) is 5.42. The van der Waals surface area contributed by atoms with Crippen LogP contribution in [0.25, 0.3) is 0 Å². The number of hydrogen-bond acceptors (Lipinski definition) is 3. The molecule has 0 atom stereocenters. The summed E-state index contributed by atoms with van der Waals surface area (Å²) in [5.74, 6) is 0.191. The van der Waals surface area contributed by atoms with E-state index >= 15 is 0 Å². The molecular weight excluding hydrogens is 238 g/mol. The summed E-state index contributed by atoms with van der Waals surface area (Å²) in [6.07, 6.45) is 6.15. The van der Waals surface area contributed by atoms with Crippen LogP contribution in [0, 0.1) is 0 Å². The Hall–Kier alpha value is -0.130. The molecule has 102 valence electrons. The highest BCUT2D eigenvalue weighted by Gasteiger charge is 2.33. The van der Waals surface area contributed by atoms with Crippen LogP contribution in [-0.4, -0.2) is 42.8 Å². The Morgan fingerprint density at radius 2 is 1.82 bits per heavy atom. The molecule has 0 amide bonds. The van der Waals surface area contributed by atoms with Crippen molar-refractivity contribution in [2.45, 2.75) is 57.5 Å². The van der Waals surface area contributed by atoms with E-state index in [1.165, 1.54) is 4.31 Å². The fourth-order valence-electron chi connectivity index (χ4n) is 2.36. The molecule has 0 bridgehead atoms. The molecule has 1 aliphatic carbocycles. The number of hydrogen-bond donors (Lipinski definition) is 1. The van der Waals surface area contributed by atoms with Gasteiger partial charge in [-0.1, -0.05) is 32.6 Å². The number of aliphatic hydroxyl groups is 1. The van der Waals surface area contributed by atoms with Crippen molar-refractivity contribution in [3.63, 3.8) is 0 Å². The van der Waals surface area contributed by atoms with E-state index in [2.05, 4.69) is 0 Å². The number of likely N-dealkylation sites (N-methyl/N-ethyl adjacent to an activating group) is 1. The molecule has 1 aliphatic rings. The van der Waals surface area contributed by atoms with E-state index < -0.39 is 15.6 Å². The maximum atomic E-state index is 11.9. The summed E-state index contributed by atoms with van der Waals surface area (Å²) >= 11 is 0. The monoisotopic (exact) mass is 263 g/mol. The number of rotatable bonds is 6. The molecule has 1 rings (SSSR count). The Morgan fingerprint density at radius 3 is 2.35 bits per heavy atom. The average Bonchev–Trinajstić information content (AvgIpc) is 2.26. The van der Waals surface area contributed by atoms with Gasteiger partial charge in [0.25, 0.3) is 0 Å². The Bertz CT molecular complexity index is 321. The van der Waals surface area contributed by atoms with Crippen LogP contribution in [0.1, 0.15) is 51.9 Å². The van der Waals surface area contributed by atoms with Crippen molar-refractivity contribution >= 4 is 10.0 Å². The minimum atomic E-state index is -3.19. The van der Waals surface area contributed by atoms with Crippen LogP contribution in [0.4, 0.5) is 0 Å². The molecule has 5 heteroatoms. The van der Waals surface area contributed by atoms with E-state index in [9.17, 15) is 13.5 Å². The van der Waals surface area contributed by atoms with Crippen molar-refractivity contribution in [1.82, 2.24) is 4.31 Å². The first-order chi connectivity index (χ1) is 7.90. The average molecular weight is 263 g/mol. The van der Waals surface area contributed by atoms with Gasteiger partial charge in [-0.25, -0.2) is 12.7 Å². The molecule has 1 N–H and O–H groups in total. The topological polar surface area (TPSA) is 57.6 Å². The van der Waals surface area contributed by atoms with Crippen LogP contribution < -0.4 is 0 Å². The van der Waals surface area contributed by atoms with E-state index in [0.717, 1.165) is 38.5 Å². The van der Waals surface area contributed by atoms with Gasteiger partial charge in [0.1, 0.15) is 0 Å². The molecule has 0 heterocycles. The van der Waals surface area contributed by atoms with Gasteiger partial charge < -0.3 is 5.11 Å². The Balaban J connectivity index is 2.55. The maximum Gasteiger partial charge on any atom is 0.213 e. The van der Waals surface area contributed by atoms with Crippen LogP contribution in [0.2, 0.25) is 0 Å². The fraction of sp³-hybridized carbons (Fsp3) is 1.00. The molecular formula is C12H25NO3S. The van der Waals surface area contributed by atoms with E-state index in [1.807, 2.05) is 6.92 Å². The molecule has 0 spiro atoms. The van der Waals surface area contributed by atoms with Crippen molar-refractivity contribution in [3.05, 3.63) is 0 Å². The molecule has 0 aromatic heterocycles. The summed E-state index contributed by atoms with van der Waals surface area (Å²) in [6, 6.07) is 0. The zero-order valence-electron chi connectivity index (χ0n) is 11.0. The Labute approximate surface area is 105 Å². The molecule has 1 saturated carbocycles. The van der Waals surface area contributed by atoms with Crippen molar-refractivity contribution in [3.8, 4) is 0 Å². The van der Waals surface area contributed by atoms with Gasteiger partial charge in [-0.15, -0.1) is 0 Å². The van der Waals surface area contributed by atoms with Gasteiger partial charge >= 0.3 is 0 Å². The van der Waals surface area contributed by atoms with Crippen molar-refractivity contribution in [2.75, 3.05) is 19.3 Å². The molecule has 1 fully saturated rings. The Kier molecular flexibility index (Phi) is 5.41. The molecule has 0 aromatic rings. The normalized spacial score (nSPS) is 20.7. The van der Waals surface area contributed by atoms with Gasteiger partial charge in [0, 0.05) is 13.6 Å². The van der Waals surface area contributed by atoms with Crippen LogP contribution in [-0.2, 0) is 10.0 Å². The predicted molar refractivity (Wildman–Crippen MR) is 69.4 cm³/mol. The van der Waals surface area contributed by atoms with Crippen LogP contribution >= 0.6 is 0 Å². The smallest absolute Gasteiger partial charge is 0.213 e. The van der Waals surface area contributed by atoms with Crippen molar-refractivity contribution < 1.29 is 13.5 Å². The van der Waals surface area contributed by atoms with Gasteiger partial charge in [0.05, 0.1) is 11.4 Å². The van der Waals surface area contributed by atoms with Crippen LogP contribution in [0.5, 0.6) is 0 Å². The third-order valence-electron chi connectivity index (χ3n) is 3.53. The van der Waals surface area contributed by atoms with E-state index in [-0.39, 0.29) is 12.3 Å². The highest BCUT2D eigenvalue weighted by atomic mass is 32.2. The molecule has 17 heavy (non-hydrogen) atoms. The van der Waals surface area contributed by atoms with Crippen molar-refractivity contribution in [1.29, 1.82) is 0 Å². The molecule has 0 aromatic carbocycles. The highest BCUT2D eigenvalue weighted by Crippen LogP contribution is 2.29. The van der Waals surface area contributed by atoms with E-state index in [4.69, 9.17) is 0 Å². The summed E-state index contributed by atoms with van der Waals surface area (Å²) in [7, 11) is -1.61. The molecule has 0 aliphatic heterocycles. The van der Waals surface area contributed by atoms with Gasteiger partial charge in [0.2, 0.25) is 10.0 Å². The van der Waals surface area contributed by atoms with Crippen LogP contribution in [0.3, 0.4) is 0 Å². The van der Waals surface area contributed by atoms with Gasteiger partial charge in [-0.2, -0.15) is 0 Å². The first-order valence-corrected chi connectivity index (χ1v) is 8.17. The van der Waals surface area contributed by atoms with E-state index in [1.54, 1.807) is 7.05 Å². The first-order valence-electron chi connectivity index (χ1n) is 6.56. The van der Waals surface area contributed by atoms with Crippen LogP contribution in [0.15, 0.2) is 0 Å². The molecule has 0 saturated heterocycles. The highest BCUT2D eigenvalue weighted by molar-refractivity contribution is 7.89. The summed E-state index contributed by atoms with van der Waals surface area (Å²) in [6.45, 7) is 2.23. The second-order valence-corrected chi connectivity index (χ2v) is 7.41. The maximum absolute atomic E-state index is 11.9.